The van der Waals surface area contributed by atoms with Gasteiger partial charge in [0, 0.05) is 37.6 Å². The number of carbonyl (C=O) groups is 1. The van der Waals surface area contributed by atoms with Gasteiger partial charge in [0.15, 0.2) is 0 Å². The summed E-state index contributed by atoms with van der Waals surface area (Å²) >= 11 is 0. The molecule has 1 aliphatic heterocycles. The normalized spacial score (nSPS) is 16.2. The van der Waals surface area contributed by atoms with Crippen molar-refractivity contribution in [3.63, 3.8) is 0 Å². The fourth-order valence-electron chi connectivity index (χ4n) is 1.91. The quantitative estimate of drug-likeness (QED) is 0.675. The van der Waals surface area contributed by atoms with Gasteiger partial charge >= 0.3 is 6.03 Å². The molecule has 0 spiro atoms. The Bertz CT molecular complexity index is 385. The zero-order chi connectivity index (χ0) is 11.5. The molecule has 5 nitrogen and oxygen atoms in total. The molecule has 2 rings (SSSR count). The number of urea groups is 1. The van der Waals surface area contributed by atoms with Crippen molar-refractivity contribution in [2.24, 2.45) is 5.73 Å². The second-order valence-electron chi connectivity index (χ2n) is 3.91. The molecule has 2 amide bonds. The van der Waals surface area contributed by atoms with E-state index in [0.29, 0.717) is 13.1 Å². The van der Waals surface area contributed by atoms with Crippen molar-refractivity contribution < 1.29 is 4.79 Å². The minimum Gasteiger partial charge on any atom is -0.399 e. The van der Waals surface area contributed by atoms with E-state index in [1.807, 2.05) is 24.3 Å². The first kappa shape index (κ1) is 10.6. The maximum Gasteiger partial charge on any atom is 0.314 e. The number of carbonyl (C=O) groups excluding carboxylic acids is 1. The van der Waals surface area contributed by atoms with Gasteiger partial charge in [-0.3, -0.25) is 0 Å². The number of nitrogens with two attached hydrogens (primary N) is 2. The first-order chi connectivity index (χ1) is 7.66. The molecular weight excluding hydrogens is 204 g/mol. The van der Waals surface area contributed by atoms with Crippen LogP contribution in [0.5, 0.6) is 0 Å². The van der Waals surface area contributed by atoms with Crippen LogP contribution in [-0.2, 0) is 0 Å². The molecule has 0 atom stereocenters. The molecule has 0 bridgehead atoms. The standard InChI is InChI=1S/C11H16N4O/c12-9-2-1-3-10(8-9)14-4-6-15(7-5-14)11(13)16/h1-3,8H,4-7,12H2,(H2,13,16). The molecule has 1 aromatic carbocycles. The highest BCUT2D eigenvalue weighted by molar-refractivity contribution is 5.72. The lowest BCUT2D eigenvalue weighted by atomic mass is 10.2. The second-order valence-corrected chi connectivity index (χ2v) is 3.91. The number of anilines is 2. The number of piperazine rings is 1. The van der Waals surface area contributed by atoms with Crippen LogP contribution in [0.2, 0.25) is 0 Å². The Morgan fingerprint density at radius 1 is 1.19 bits per heavy atom. The average molecular weight is 220 g/mol. The van der Waals surface area contributed by atoms with E-state index in [2.05, 4.69) is 4.90 Å². The van der Waals surface area contributed by atoms with Crippen LogP contribution in [0.25, 0.3) is 0 Å². The number of hydrogen-bond donors (Lipinski definition) is 2. The predicted molar refractivity (Wildman–Crippen MR) is 64.2 cm³/mol. The monoisotopic (exact) mass is 220 g/mol. The maximum absolute atomic E-state index is 11.0. The number of rotatable bonds is 1. The van der Waals surface area contributed by atoms with Crippen LogP contribution >= 0.6 is 0 Å². The third-order valence-electron chi connectivity index (χ3n) is 2.83. The Hall–Kier alpha value is -1.91. The third kappa shape index (κ3) is 2.18. The van der Waals surface area contributed by atoms with Crippen LogP contribution in [0.3, 0.4) is 0 Å². The van der Waals surface area contributed by atoms with E-state index in [0.717, 1.165) is 24.5 Å². The Morgan fingerprint density at radius 2 is 1.88 bits per heavy atom. The Labute approximate surface area is 94.6 Å². The minimum absolute atomic E-state index is 0.341. The van der Waals surface area contributed by atoms with E-state index in [1.54, 1.807) is 4.90 Å². The lowest BCUT2D eigenvalue weighted by Gasteiger charge is -2.35. The second kappa shape index (κ2) is 4.30. The van der Waals surface area contributed by atoms with Gasteiger partial charge in [0.1, 0.15) is 0 Å². The number of primary amides is 1. The summed E-state index contributed by atoms with van der Waals surface area (Å²) in [5, 5.41) is 0. The van der Waals surface area contributed by atoms with Crippen LogP contribution < -0.4 is 16.4 Å². The maximum atomic E-state index is 11.0. The van der Waals surface area contributed by atoms with E-state index in [9.17, 15) is 4.79 Å². The van der Waals surface area contributed by atoms with Crippen LogP contribution in [0, 0.1) is 0 Å². The van der Waals surface area contributed by atoms with E-state index >= 15 is 0 Å². The van der Waals surface area contributed by atoms with Gasteiger partial charge in [-0.25, -0.2) is 4.79 Å². The molecule has 1 aliphatic rings. The first-order valence-corrected chi connectivity index (χ1v) is 5.31. The van der Waals surface area contributed by atoms with Crippen LogP contribution in [-0.4, -0.2) is 37.1 Å². The first-order valence-electron chi connectivity index (χ1n) is 5.31. The van der Waals surface area contributed by atoms with E-state index < -0.39 is 0 Å². The van der Waals surface area contributed by atoms with Gasteiger partial charge in [0.2, 0.25) is 0 Å². The van der Waals surface area contributed by atoms with Crippen molar-refractivity contribution in [1.82, 2.24) is 4.90 Å². The van der Waals surface area contributed by atoms with Crippen LogP contribution in [0.1, 0.15) is 0 Å². The van der Waals surface area contributed by atoms with Crippen molar-refractivity contribution in [1.29, 1.82) is 0 Å². The SMILES string of the molecule is NC(=O)N1CCN(c2cccc(N)c2)CC1. The molecule has 4 N–H and O–H groups in total. The van der Waals surface area contributed by atoms with Gasteiger partial charge in [-0.15, -0.1) is 0 Å². The van der Waals surface area contributed by atoms with Crippen molar-refractivity contribution in [3.05, 3.63) is 24.3 Å². The molecule has 0 aromatic heterocycles. The number of amides is 2. The van der Waals surface area contributed by atoms with Gasteiger partial charge in [-0.2, -0.15) is 0 Å². The van der Waals surface area contributed by atoms with Gasteiger partial charge in [-0.1, -0.05) is 6.07 Å². The van der Waals surface area contributed by atoms with Crippen molar-refractivity contribution in [2.75, 3.05) is 36.8 Å². The molecule has 1 saturated heterocycles. The highest BCUT2D eigenvalue weighted by Gasteiger charge is 2.19. The number of benzene rings is 1. The molecule has 0 saturated carbocycles. The molecule has 1 aromatic rings. The highest BCUT2D eigenvalue weighted by atomic mass is 16.2. The van der Waals surface area contributed by atoms with Gasteiger partial charge < -0.3 is 21.3 Å². The molecule has 0 unspecified atom stereocenters. The summed E-state index contributed by atoms with van der Waals surface area (Å²) in [5.74, 6) is 0. The molecule has 86 valence electrons. The summed E-state index contributed by atoms with van der Waals surface area (Å²) in [6.45, 7) is 2.94. The van der Waals surface area contributed by atoms with E-state index in [-0.39, 0.29) is 6.03 Å². The molecule has 0 radical (unpaired) electrons. The largest absolute Gasteiger partial charge is 0.399 e. The Balaban J connectivity index is 2.01. The summed E-state index contributed by atoms with van der Waals surface area (Å²) in [6.07, 6.45) is 0. The fraction of sp³-hybridized carbons (Fsp3) is 0.364. The van der Waals surface area contributed by atoms with Crippen LogP contribution in [0.15, 0.2) is 24.3 Å². The van der Waals surface area contributed by atoms with E-state index in [4.69, 9.17) is 11.5 Å². The topological polar surface area (TPSA) is 75.6 Å². The summed E-state index contributed by atoms with van der Waals surface area (Å²) in [4.78, 5) is 14.8. The average Bonchev–Trinajstić information content (AvgIpc) is 2.29. The smallest absolute Gasteiger partial charge is 0.314 e. The lowest BCUT2D eigenvalue weighted by Crippen LogP contribution is -2.50. The molecule has 5 heteroatoms. The van der Waals surface area contributed by atoms with Gasteiger partial charge in [0.05, 0.1) is 0 Å². The molecule has 16 heavy (non-hydrogen) atoms. The summed E-state index contributed by atoms with van der Waals surface area (Å²) < 4.78 is 0. The Morgan fingerprint density at radius 3 is 2.44 bits per heavy atom. The Kier molecular flexibility index (Phi) is 2.85. The summed E-state index contributed by atoms with van der Waals surface area (Å²) in [5.41, 5.74) is 12.8. The van der Waals surface area contributed by atoms with Gasteiger partial charge in [-0.05, 0) is 18.2 Å². The zero-order valence-electron chi connectivity index (χ0n) is 9.10. The van der Waals surface area contributed by atoms with Crippen molar-refractivity contribution in [2.45, 2.75) is 0 Å². The number of nitrogen functional groups attached to an aromatic ring is 1. The highest BCUT2D eigenvalue weighted by Crippen LogP contribution is 2.18. The molecule has 1 fully saturated rings. The molecule has 0 aliphatic carbocycles. The summed E-state index contributed by atoms with van der Waals surface area (Å²) in [6, 6.07) is 7.43. The zero-order valence-corrected chi connectivity index (χ0v) is 9.10. The molecular formula is C11H16N4O. The van der Waals surface area contributed by atoms with Gasteiger partial charge in [0.25, 0.3) is 0 Å². The van der Waals surface area contributed by atoms with Crippen molar-refractivity contribution >= 4 is 17.4 Å². The van der Waals surface area contributed by atoms with Crippen molar-refractivity contribution in [3.8, 4) is 0 Å². The molecule has 1 heterocycles. The predicted octanol–water partition coefficient (Wildman–Crippen LogP) is 0.469. The van der Waals surface area contributed by atoms with E-state index in [1.165, 1.54) is 0 Å². The minimum atomic E-state index is -0.341. The lowest BCUT2D eigenvalue weighted by molar-refractivity contribution is 0.204. The summed E-state index contributed by atoms with van der Waals surface area (Å²) in [7, 11) is 0. The van der Waals surface area contributed by atoms with Crippen LogP contribution in [0.4, 0.5) is 16.2 Å². The number of nitrogens with zero attached hydrogens (tertiary/aromatic N) is 2. The number of hydrogen-bond acceptors (Lipinski definition) is 3. The third-order valence-corrected chi connectivity index (χ3v) is 2.83. The fourth-order valence-corrected chi connectivity index (χ4v) is 1.91.